The fraction of sp³-hybridized carbons (Fsp3) is 0.778. The first kappa shape index (κ1) is 24.1. The van der Waals surface area contributed by atoms with E-state index >= 15 is 0 Å². The monoisotopic (exact) mass is 328 g/mol. The number of hydrogen-bond acceptors (Lipinski definition) is 4. The first-order chi connectivity index (χ1) is 10.7. The number of allylic oxidation sites excluding steroid dienone is 1. The van der Waals surface area contributed by atoms with Gasteiger partial charge < -0.3 is 10.1 Å². The Kier molecular flexibility index (Phi) is 12.8. The first-order valence-corrected chi connectivity index (χ1v) is 8.40. The molecule has 0 saturated heterocycles. The van der Waals surface area contributed by atoms with Crippen molar-refractivity contribution in [2.45, 2.75) is 72.4 Å². The van der Waals surface area contributed by atoms with Gasteiger partial charge in [0.25, 0.3) is 5.91 Å². The molecular weight excluding hydrogens is 292 g/mol. The topological polar surface area (TPSA) is 58.6 Å². The van der Waals surface area contributed by atoms with E-state index in [0.717, 1.165) is 13.0 Å². The first-order valence-electron chi connectivity index (χ1n) is 8.40. The lowest BCUT2D eigenvalue weighted by molar-refractivity contribution is -0.141. The molecule has 0 fully saturated rings. The lowest BCUT2D eigenvalue weighted by atomic mass is 9.98. The molecule has 0 aromatic carbocycles. The zero-order valence-electron chi connectivity index (χ0n) is 16.2. The van der Waals surface area contributed by atoms with Crippen molar-refractivity contribution >= 4 is 12.3 Å². The zero-order valence-corrected chi connectivity index (χ0v) is 16.2. The molecule has 1 N–H and O–H groups in total. The number of carbonyl (C=O) groups excluding carboxylic acids is 2. The summed E-state index contributed by atoms with van der Waals surface area (Å²) in [5, 5.41) is 3.10. The molecule has 136 valence electrons. The van der Waals surface area contributed by atoms with Crippen LogP contribution >= 0.6 is 0 Å². The molecule has 0 aliphatic rings. The van der Waals surface area contributed by atoms with Crippen LogP contribution in [0.1, 0.15) is 61.3 Å². The summed E-state index contributed by atoms with van der Waals surface area (Å²) in [4.78, 5) is 24.3. The Labute approximate surface area is 142 Å². The molecule has 0 saturated carbocycles. The van der Waals surface area contributed by atoms with Crippen molar-refractivity contribution in [3.8, 4) is 0 Å². The van der Waals surface area contributed by atoms with Crippen LogP contribution in [0.15, 0.2) is 12.2 Å². The fourth-order valence-corrected chi connectivity index (χ4v) is 1.91. The highest BCUT2D eigenvalue weighted by Gasteiger charge is 2.30. The Balaban J connectivity index is 0. The van der Waals surface area contributed by atoms with Gasteiger partial charge in [-0.05, 0) is 67.1 Å². The van der Waals surface area contributed by atoms with Crippen LogP contribution in [0.5, 0.6) is 0 Å². The molecule has 2 amide bonds. The average Bonchev–Trinajstić information content (AvgIpc) is 2.47. The van der Waals surface area contributed by atoms with Gasteiger partial charge in [0, 0.05) is 12.1 Å². The van der Waals surface area contributed by atoms with E-state index in [1.807, 2.05) is 48.6 Å². The number of imide groups is 1. The number of amides is 2. The van der Waals surface area contributed by atoms with Crippen molar-refractivity contribution in [3.63, 3.8) is 0 Å². The SMILES string of the molecule is C/C=C\C(=O)N(C=O)C(C)(C)CCOC(C)(C)CCNC.CC. The normalized spacial score (nSPS) is 11.8. The zero-order chi connectivity index (χ0) is 18.5. The molecule has 0 aliphatic heterocycles. The number of nitrogens with one attached hydrogen (secondary N) is 1. The molecule has 0 spiro atoms. The van der Waals surface area contributed by atoms with Crippen LogP contribution in [0.4, 0.5) is 0 Å². The van der Waals surface area contributed by atoms with Crippen LogP contribution in [0.3, 0.4) is 0 Å². The Morgan fingerprint density at radius 1 is 1.17 bits per heavy atom. The smallest absolute Gasteiger partial charge is 0.253 e. The van der Waals surface area contributed by atoms with Gasteiger partial charge in [0.1, 0.15) is 0 Å². The maximum absolute atomic E-state index is 11.9. The minimum absolute atomic E-state index is 0.224. The highest BCUT2D eigenvalue weighted by Crippen LogP contribution is 2.21. The minimum atomic E-state index is -0.572. The number of rotatable bonds is 10. The molecule has 5 heteroatoms. The van der Waals surface area contributed by atoms with Crippen LogP contribution in [0.25, 0.3) is 0 Å². The van der Waals surface area contributed by atoms with Crippen LogP contribution in [-0.4, -0.2) is 48.6 Å². The molecular formula is C18H36N2O3. The van der Waals surface area contributed by atoms with Crippen LogP contribution in [0, 0.1) is 0 Å². The highest BCUT2D eigenvalue weighted by molar-refractivity contribution is 5.95. The minimum Gasteiger partial charge on any atom is -0.375 e. The molecule has 0 atom stereocenters. The van der Waals surface area contributed by atoms with Crippen molar-refractivity contribution in [1.29, 1.82) is 0 Å². The van der Waals surface area contributed by atoms with E-state index in [2.05, 4.69) is 5.32 Å². The molecule has 0 aromatic heterocycles. The molecule has 0 radical (unpaired) electrons. The van der Waals surface area contributed by atoms with Crippen LogP contribution in [-0.2, 0) is 14.3 Å². The van der Waals surface area contributed by atoms with Gasteiger partial charge in [-0.25, -0.2) is 0 Å². The highest BCUT2D eigenvalue weighted by atomic mass is 16.5. The second kappa shape index (κ2) is 12.3. The third kappa shape index (κ3) is 10.2. The molecule has 0 bridgehead atoms. The molecule has 0 rings (SSSR count). The average molecular weight is 328 g/mol. The second-order valence-electron chi connectivity index (χ2n) is 6.34. The van der Waals surface area contributed by atoms with Gasteiger partial charge in [0.15, 0.2) is 0 Å². The van der Waals surface area contributed by atoms with Gasteiger partial charge in [0.2, 0.25) is 6.41 Å². The van der Waals surface area contributed by atoms with Crippen molar-refractivity contribution in [3.05, 3.63) is 12.2 Å². The Bertz CT molecular complexity index is 363. The van der Waals surface area contributed by atoms with Gasteiger partial charge in [-0.1, -0.05) is 19.9 Å². The van der Waals surface area contributed by atoms with E-state index in [1.54, 1.807) is 13.0 Å². The van der Waals surface area contributed by atoms with Crippen molar-refractivity contribution < 1.29 is 14.3 Å². The van der Waals surface area contributed by atoms with E-state index < -0.39 is 5.54 Å². The molecule has 0 aromatic rings. The third-order valence-corrected chi connectivity index (χ3v) is 3.49. The summed E-state index contributed by atoms with van der Waals surface area (Å²) < 4.78 is 5.89. The lowest BCUT2D eigenvalue weighted by Crippen LogP contribution is -2.47. The van der Waals surface area contributed by atoms with Gasteiger partial charge in [-0.2, -0.15) is 0 Å². The van der Waals surface area contributed by atoms with Crippen molar-refractivity contribution in [2.75, 3.05) is 20.2 Å². The Morgan fingerprint density at radius 3 is 2.17 bits per heavy atom. The maximum atomic E-state index is 11.9. The van der Waals surface area contributed by atoms with E-state index in [1.165, 1.54) is 11.0 Å². The number of carbonyl (C=O) groups is 2. The molecule has 0 aliphatic carbocycles. The quantitative estimate of drug-likeness (QED) is 0.494. The predicted molar refractivity (Wildman–Crippen MR) is 96.3 cm³/mol. The van der Waals surface area contributed by atoms with Gasteiger partial charge >= 0.3 is 0 Å². The summed E-state index contributed by atoms with van der Waals surface area (Å²) >= 11 is 0. The molecule has 5 nitrogen and oxygen atoms in total. The predicted octanol–water partition coefficient (Wildman–Crippen LogP) is 3.15. The number of ether oxygens (including phenoxy) is 1. The van der Waals surface area contributed by atoms with E-state index in [4.69, 9.17) is 4.74 Å². The molecule has 0 unspecified atom stereocenters. The fourth-order valence-electron chi connectivity index (χ4n) is 1.91. The standard InChI is InChI=1S/C16H30N2O3.C2H6/c1-7-8-14(20)18(13-19)15(2,3)10-12-21-16(4,5)9-11-17-6;1-2/h7-8,13,17H,9-12H2,1-6H3;1-2H3/b8-7-;. The lowest BCUT2D eigenvalue weighted by Gasteiger charge is -2.35. The van der Waals surface area contributed by atoms with Crippen LogP contribution in [0.2, 0.25) is 0 Å². The molecule has 0 heterocycles. The van der Waals surface area contributed by atoms with Crippen molar-refractivity contribution in [2.24, 2.45) is 0 Å². The molecule has 23 heavy (non-hydrogen) atoms. The Morgan fingerprint density at radius 2 is 1.74 bits per heavy atom. The Hall–Kier alpha value is -1.20. The van der Waals surface area contributed by atoms with E-state index in [-0.39, 0.29) is 11.5 Å². The second-order valence-corrected chi connectivity index (χ2v) is 6.34. The third-order valence-electron chi connectivity index (χ3n) is 3.49. The number of nitrogens with zero attached hydrogens (tertiary/aromatic N) is 1. The van der Waals surface area contributed by atoms with Crippen LogP contribution < -0.4 is 5.32 Å². The summed E-state index contributed by atoms with van der Waals surface area (Å²) in [6.07, 6.45) is 5.12. The summed E-state index contributed by atoms with van der Waals surface area (Å²) in [6, 6.07) is 0. The summed E-state index contributed by atoms with van der Waals surface area (Å²) in [5.74, 6) is -0.299. The maximum Gasteiger partial charge on any atom is 0.253 e. The van der Waals surface area contributed by atoms with Gasteiger partial charge in [-0.15, -0.1) is 0 Å². The largest absolute Gasteiger partial charge is 0.375 e. The summed E-state index contributed by atoms with van der Waals surface area (Å²) in [7, 11) is 1.91. The summed E-state index contributed by atoms with van der Waals surface area (Å²) in [5.41, 5.74) is -0.796. The van der Waals surface area contributed by atoms with Crippen molar-refractivity contribution in [1.82, 2.24) is 10.2 Å². The number of hydrogen-bond donors (Lipinski definition) is 1. The van der Waals surface area contributed by atoms with Gasteiger partial charge in [0.05, 0.1) is 5.60 Å². The van der Waals surface area contributed by atoms with Gasteiger partial charge in [-0.3, -0.25) is 14.5 Å². The van der Waals surface area contributed by atoms with E-state index in [9.17, 15) is 9.59 Å². The summed E-state index contributed by atoms with van der Waals surface area (Å²) in [6.45, 7) is 15.0. The van der Waals surface area contributed by atoms with E-state index in [0.29, 0.717) is 19.4 Å².